The van der Waals surface area contributed by atoms with Crippen LogP contribution < -0.4 is 9.47 Å². The highest BCUT2D eigenvalue weighted by molar-refractivity contribution is 5.56. The van der Waals surface area contributed by atoms with Gasteiger partial charge < -0.3 is 14.0 Å². The smallest absolute Gasteiger partial charge is 0.231 e. The minimum Gasteiger partial charge on any atom is -0.454 e. The second-order valence-corrected chi connectivity index (χ2v) is 10.2. The summed E-state index contributed by atoms with van der Waals surface area (Å²) in [5, 5.41) is 0. The lowest BCUT2D eigenvalue weighted by Crippen LogP contribution is -2.24. The van der Waals surface area contributed by atoms with E-state index in [-0.39, 0.29) is 0 Å². The maximum atomic E-state index is 5.65. The number of imidazole rings is 1. The lowest BCUT2D eigenvalue weighted by atomic mass is 10.0. The zero-order valence-corrected chi connectivity index (χ0v) is 22.2. The molecule has 5 rings (SSSR count). The van der Waals surface area contributed by atoms with Crippen LogP contribution in [-0.4, -0.2) is 21.2 Å². The normalized spacial score (nSPS) is 12.6. The van der Waals surface area contributed by atoms with Gasteiger partial charge in [-0.2, -0.15) is 0 Å². The lowest BCUT2D eigenvalue weighted by molar-refractivity contribution is 0.174. The molecule has 0 radical (unpaired) electrons. The molecule has 0 N–H and O–H groups in total. The van der Waals surface area contributed by atoms with Crippen LogP contribution in [0.2, 0.25) is 0 Å². The van der Waals surface area contributed by atoms with E-state index in [1.54, 1.807) is 0 Å². The summed E-state index contributed by atoms with van der Waals surface area (Å²) in [4.78, 5) is 7.38. The van der Waals surface area contributed by atoms with Crippen molar-refractivity contribution in [1.29, 1.82) is 0 Å². The lowest BCUT2D eigenvalue weighted by Gasteiger charge is -2.24. The molecule has 0 saturated carbocycles. The molecular formula is C32H37N3O2. The third-order valence-corrected chi connectivity index (χ3v) is 6.99. The third-order valence-electron chi connectivity index (χ3n) is 6.99. The predicted octanol–water partition coefficient (Wildman–Crippen LogP) is 7.40. The summed E-state index contributed by atoms with van der Waals surface area (Å²) >= 11 is 0. The largest absolute Gasteiger partial charge is 0.454 e. The van der Waals surface area contributed by atoms with Crippen LogP contribution in [0.5, 0.6) is 11.5 Å². The maximum Gasteiger partial charge on any atom is 0.231 e. The van der Waals surface area contributed by atoms with Crippen LogP contribution in [0.25, 0.3) is 11.4 Å². The van der Waals surface area contributed by atoms with Gasteiger partial charge in [-0.15, -0.1) is 0 Å². The molecule has 0 unspecified atom stereocenters. The predicted molar refractivity (Wildman–Crippen MR) is 149 cm³/mol. The van der Waals surface area contributed by atoms with E-state index in [1.807, 2.05) is 6.07 Å². The summed E-state index contributed by atoms with van der Waals surface area (Å²) in [5.74, 6) is 3.24. The first-order chi connectivity index (χ1) is 18.1. The van der Waals surface area contributed by atoms with Crippen molar-refractivity contribution in [2.75, 3.05) is 6.79 Å². The average molecular weight is 496 g/mol. The summed E-state index contributed by atoms with van der Waals surface area (Å²) in [6.45, 7) is 10.5. The molecule has 5 nitrogen and oxygen atoms in total. The Balaban J connectivity index is 1.44. The summed E-state index contributed by atoms with van der Waals surface area (Å²) in [7, 11) is 0. The number of hydrogen-bond acceptors (Lipinski definition) is 4. The SMILES string of the molecule is CCCCn1c(CN(Cc2ccc(C(C)C)cc2)Cc2ccc3c(c2)OCO3)cnc1-c1ccccc1. The number of benzene rings is 3. The number of fused-ring (bicyclic) bond motifs is 1. The van der Waals surface area contributed by atoms with Gasteiger partial charge >= 0.3 is 0 Å². The fourth-order valence-corrected chi connectivity index (χ4v) is 4.88. The molecule has 1 aromatic heterocycles. The van der Waals surface area contributed by atoms with Crippen molar-refractivity contribution >= 4 is 0 Å². The number of nitrogens with zero attached hydrogens (tertiary/aromatic N) is 3. The Bertz CT molecular complexity index is 1300. The van der Waals surface area contributed by atoms with Gasteiger partial charge in [-0.1, -0.05) is 87.9 Å². The van der Waals surface area contributed by atoms with E-state index in [4.69, 9.17) is 14.5 Å². The number of hydrogen-bond donors (Lipinski definition) is 0. The Labute approximate surface area is 220 Å². The Morgan fingerprint density at radius 1 is 0.865 bits per heavy atom. The first kappa shape index (κ1) is 25.1. The van der Waals surface area contributed by atoms with Crippen LogP contribution >= 0.6 is 0 Å². The standard InChI is InChI=1S/C32H37N3O2/c1-4-5-17-35-29(19-33-32(35)28-9-7-6-8-10-28)22-34(20-25-11-14-27(15-12-25)24(2)3)21-26-13-16-30-31(18-26)37-23-36-30/h6-16,18-19,24H,4-5,17,20-23H2,1-3H3. The van der Waals surface area contributed by atoms with Crippen LogP contribution in [0.4, 0.5) is 0 Å². The Morgan fingerprint density at radius 3 is 2.35 bits per heavy atom. The van der Waals surface area contributed by atoms with Crippen molar-refractivity contribution in [3.8, 4) is 22.9 Å². The van der Waals surface area contributed by atoms with Gasteiger partial charge in [0.2, 0.25) is 6.79 Å². The van der Waals surface area contributed by atoms with Gasteiger partial charge in [0.25, 0.3) is 0 Å². The molecule has 192 valence electrons. The topological polar surface area (TPSA) is 39.5 Å². The molecule has 0 atom stereocenters. The molecule has 0 amide bonds. The molecule has 0 spiro atoms. The second kappa shape index (κ2) is 11.7. The molecule has 0 bridgehead atoms. The zero-order chi connectivity index (χ0) is 25.6. The van der Waals surface area contributed by atoms with Gasteiger partial charge in [0.1, 0.15) is 5.82 Å². The molecule has 4 aromatic rings. The Morgan fingerprint density at radius 2 is 1.59 bits per heavy atom. The molecule has 0 aliphatic carbocycles. The van der Waals surface area contributed by atoms with Gasteiger partial charge in [-0.3, -0.25) is 4.90 Å². The van der Waals surface area contributed by atoms with E-state index in [9.17, 15) is 0 Å². The highest BCUT2D eigenvalue weighted by Gasteiger charge is 2.18. The molecule has 1 aliphatic heterocycles. The van der Waals surface area contributed by atoms with Gasteiger partial charge in [0.15, 0.2) is 11.5 Å². The first-order valence-corrected chi connectivity index (χ1v) is 13.4. The van der Waals surface area contributed by atoms with Crippen molar-refractivity contribution in [3.05, 3.63) is 101 Å². The maximum absolute atomic E-state index is 5.65. The fraction of sp³-hybridized carbons (Fsp3) is 0.344. The molecule has 5 heteroatoms. The van der Waals surface area contributed by atoms with Gasteiger partial charge in [-0.25, -0.2) is 4.98 Å². The van der Waals surface area contributed by atoms with E-state index < -0.39 is 0 Å². The molecule has 2 heterocycles. The van der Waals surface area contributed by atoms with Crippen LogP contribution in [0.1, 0.15) is 61.9 Å². The van der Waals surface area contributed by atoms with E-state index >= 15 is 0 Å². The van der Waals surface area contributed by atoms with Gasteiger partial charge in [-0.05, 0) is 41.2 Å². The van der Waals surface area contributed by atoms with Gasteiger partial charge in [0.05, 0.1) is 11.9 Å². The van der Waals surface area contributed by atoms with Crippen LogP contribution in [0.3, 0.4) is 0 Å². The Hall–Kier alpha value is -3.57. The molecule has 37 heavy (non-hydrogen) atoms. The van der Waals surface area contributed by atoms with Gasteiger partial charge in [0, 0.05) is 31.7 Å². The monoisotopic (exact) mass is 495 g/mol. The quantitative estimate of drug-likeness (QED) is 0.217. The summed E-state index contributed by atoms with van der Waals surface area (Å²) in [6.07, 6.45) is 4.34. The van der Waals surface area contributed by atoms with Crippen LogP contribution in [0, 0.1) is 0 Å². The van der Waals surface area contributed by atoms with Crippen molar-refractivity contribution in [2.24, 2.45) is 0 Å². The molecule has 3 aromatic carbocycles. The molecular weight excluding hydrogens is 458 g/mol. The average Bonchev–Trinajstić information content (AvgIpc) is 3.55. The number of aromatic nitrogens is 2. The van der Waals surface area contributed by atoms with Crippen molar-refractivity contribution in [1.82, 2.24) is 14.5 Å². The molecule has 1 aliphatic rings. The van der Waals surface area contributed by atoms with E-state index in [0.717, 1.165) is 61.9 Å². The highest BCUT2D eigenvalue weighted by Crippen LogP contribution is 2.33. The van der Waals surface area contributed by atoms with Crippen molar-refractivity contribution in [3.63, 3.8) is 0 Å². The fourth-order valence-electron chi connectivity index (χ4n) is 4.88. The summed E-state index contributed by atoms with van der Waals surface area (Å²) < 4.78 is 13.6. The van der Waals surface area contributed by atoms with Crippen LogP contribution in [0.15, 0.2) is 79.0 Å². The minimum atomic E-state index is 0.295. The van der Waals surface area contributed by atoms with E-state index in [2.05, 4.69) is 103 Å². The minimum absolute atomic E-state index is 0.295. The molecule has 0 fully saturated rings. The summed E-state index contributed by atoms with van der Waals surface area (Å²) in [5.41, 5.74) is 6.30. The molecule has 0 saturated heterocycles. The number of ether oxygens (including phenoxy) is 2. The van der Waals surface area contributed by atoms with Crippen LogP contribution in [-0.2, 0) is 26.2 Å². The number of unbranched alkanes of at least 4 members (excludes halogenated alkanes) is 1. The Kier molecular flexibility index (Phi) is 7.90. The van der Waals surface area contributed by atoms with Crippen molar-refractivity contribution < 1.29 is 9.47 Å². The first-order valence-electron chi connectivity index (χ1n) is 13.4. The summed E-state index contributed by atoms with van der Waals surface area (Å²) in [6, 6.07) is 25.9. The van der Waals surface area contributed by atoms with E-state index in [1.165, 1.54) is 22.4 Å². The highest BCUT2D eigenvalue weighted by atomic mass is 16.7. The number of rotatable bonds is 11. The van der Waals surface area contributed by atoms with Crippen molar-refractivity contribution in [2.45, 2.75) is 65.7 Å². The second-order valence-electron chi connectivity index (χ2n) is 10.2. The third kappa shape index (κ3) is 6.05. The van der Waals surface area contributed by atoms with E-state index in [0.29, 0.717) is 12.7 Å². The zero-order valence-electron chi connectivity index (χ0n) is 22.2.